The summed E-state index contributed by atoms with van der Waals surface area (Å²) in [6.07, 6.45) is 1.60. The van der Waals surface area contributed by atoms with Gasteiger partial charge >= 0.3 is 6.03 Å². The first kappa shape index (κ1) is 25.3. The Morgan fingerprint density at radius 1 is 1.23 bits per heavy atom. The van der Waals surface area contributed by atoms with E-state index in [1.807, 2.05) is 45.0 Å². The number of aromatic nitrogens is 2. The molecule has 1 fully saturated rings. The number of fused-ring (bicyclic) bond motifs is 1. The highest BCUT2D eigenvalue weighted by molar-refractivity contribution is 5.89. The minimum Gasteiger partial charge on any atom is -0.390 e. The van der Waals surface area contributed by atoms with E-state index in [1.54, 1.807) is 0 Å². The van der Waals surface area contributed by atoms with Crippen LogP contribution < -0.4 is 15.5 Å². The van der Waals surface area contributed by atoms with Gasteiger partial charge in [0, 0.05) is 49.5 Å². The van der Waals surface area contributed by atoms with E-state index in [9.17, 15) is 9.90 Å². The molecule has 35 heavy (non-hydrogen) atoms. The van der Waals surface area contributed by atoms with Gasteiger partial charge in [0.15, 0.2) is 5.82 Å². The van der Waals surface area contributed by atoms with E-state index in [4.69, 9.17) is 14.7 Å². The van der Waals surface area contributed by atoms with Gasteiger partial charge in [-0.25, -0.2) is 14.8 Å². The lowest BCUT2D eigenvalue weighted by Gasteiger charge is -2.38. The molecule has 2 amide bonds. The number of urea groups is 1. The zero-order valence-corrected chi connectivity index (χ0v) is 21.3. The van der Waals surface area contributed by atoms with Gasteiger partial charge in [-0.05, 0) is 64.8 Å². The minimum atomic E-state index is -0.685. The third-order valence-electron chi connectivity index (χ3n) is 6.54. The number of ether oxygens (including phenoxy) is 1. The molecule has 0 bridgehead atoms. The number of anilines is 2. The van der Waals surface area contributed by atoms with E-state index in [1.165, 1.54) is 5.56 Å². The maximum absolute atomic E-state index is 11.8. The number of morpholine rings is 1. The van der Waals surface area contributed by atoms with Crippen LogP contribution in [0.25, 0.3) is 11.4 Å². The first-order valence-corrected chi connectivity index (χ1v) is 12.6. The Balaban J connectivity index is 1.63. The lowest BCUT2D eigenvalue weighted by molar-refractivity contribution is 0.0555. The van der Waals surface area contributed by atoms with Gasteiger partial charge in [0.1, 0.15) is 5.82 Å². The average molecular weight is 483 g/mol. The van der Waals surface area contributed by atoms with Crippen LogP contribution in [0, 0.1) is 0 Å². The van der Waals surface area contributed by atoms with Gasteiger partial charge in [-0.1, -0.05) is 0 Å². The Bertz CT molecular complexity index is 1020. The lowest BCUT2D eigenvalue weighted by Crippen LogP contribution is -2.45. The van der Waals surface area contributed by atoms with Gasteiger partial charge in [0.2, 0.25) is 0 Å². The van der Waals surface area contributed by atoms with Crippen molar-refractivity contribution in [1.29, 1.82) is 0 Å². The molecule has 3 N–H and O–H groups in total. The molecule has 0 aliphatic carbocycles. The number of hydrogen-bond acceptors (Lipinski definition) is 7. The fourth-order valence-electron chi connectivity index (χ4n) is 4.53. The van der Waals surface area contributed by atoms with Crippen molar-refractivity contribution in [2.24, 2.45) is 0 Å². The van der Waals surface area contributed by atoms with E-state index in [0.29, 0.717) is 32.0 Å². The summed E-state index contributed by atoms with van der Waals surface area (Å²) < 4.78 is 5.68. The highest BCUT2D eigenvalue weighted by Crippen LogP contribution is 2.32. The summed E-state index contributed by atoms with van der Waals surface area (Å²) in [5.74, 6) is 1.69. The third kappa shape index (κ3) is 6.48. The molecule has 1 aromatic carbocycles. The van der Waals surface area contributed by atoms with Gasteiger partial charge < -0.3 is 25.4 Å². The van der Waals surface area contributed by atoms with Crippen LogP contribution in [0.4, 0.5) is 16.3 Å². The molecule has 0 saturated carbocycles. The standard InChI is InChI=1S/C26H38N6O3/c1-5-27-25(33)28-20-8-6-19(7-9-20)23-29-22-16-31(13-11-26(3,4)34)12-10-21(22)24(30-23)32-14-15-35-17-18(32)2/h6-9,18,34H,5,10-17H2,1-4H3,(H2,27,28,33)/t18-/m0/s1. The summed E-state index contributed by atoms with van der Waals surface area (Å²) in [6, 6.07) is 7.67. The number of carbonyl (C=O) groups is 1. The molecule has 2 aliphatic heterocycles. The molecule has 0 unspecified atom stereocenters. The third-order valence-corrected chi connectivity index (χ3v) is 6.54. The fraction of sp³-hybridized carbons (Fsp3) is 0.577. The van der Waals surface area contributed by atoms with Crippen LogP contribution >= 0.6 is 0 Å². The Hall–Kier alpha value is -2.75. The van der Waals surface area contributed by atoms with Crippen LogP contribution in [-0.2, 0) is 17.7 Å². The summed E-state index contributed by atoms with van der Waals surface area (Å²) in [4.78, 5) is 26.6. The van der Waals surface area contributed by atoms with Crippen molar-refractivity contribution in [3.05, 3.63) is 35.5 Å². The number of aliphatic hydroxyl groups is 1. The molecule has 0 radical (unpaired) electrons. The van der Waals surface area contributed by atoms with Gasteiger partial charge in [0.05, 0.1) is 30.6 Å². The van der Waals surface area contributed by atoms with Crippen LogP contribution in [0.2, 0.25) is 0 Å². The van der Waals surface area contributed by atoms with Crippen LogP contribution in [-0.4, -0.2) is 77.0 Å². The van der Waals surface area contributed by atoms with Gasteiger partial charge in [-0.2, -0.15) is 0 Å². The predicted molar refractivity (Wildman–Crippen MR) is 138 cm³/mol. The van der Waals surface area contributed by atoms with Crippen LogP contribution in [0.5, 0.6) is 0 Å². The van der Waals surface area contributed by atoms with Crippen molar-refractivity contribution in [2.45, 2.75) is 58.7 Å². The zero-order valence-electron chi connectivity index (χ0n) is 21.3. The summed E-state index contributed by atoms with van der Waals surface area (Å²) in [5, 5.41) is 15.8. The molecule has 2 aromatic rings. The summed E-state index contributed by atoms with van der Waals surface area (Å²) in [6.45, 7) is 13.0. The normalized spacial score (nSPS) is 18.8. The Morgan fingerprint density at radius 2 is 2.00 bits per heavy atom. The molecular weight excluding hydrogens is 444 g/mol. The van der Waals surface area contributed by atoms with Crippen molar-refractivity contribution >= 4 is 17.5 Å². The summed E-state index contributed by atoms with van der Waals surface area (Å²) in [7, 11) is 0. The maximum atomic E-state index is 11.8. The maximum Gasteiger partial charge on any atom is 0.319 e. The lowest BCUT2D eigenvalue weighted by atomic mass is 10.0. The van der Waals surface area contributed by atoms with Crippen molar-refractivity contribution in [1.82, 2.24) is 20.2 Å². The number of nitrogens with one attached hydrogen (secondary N) is 2. The second kappa shape index (κ2) is 10.9. The van der Waals surface area contributed by atoms with E-state index in [-0.39, 0.29) is 12.1 Å². The summed E-state index contributed by atoms with van der Waals surface area (Å²) >= 11 is 0. The second-order valence-corrected chi connectivity index (χ2v) is 10.1. The molecule has 0 spiro atoms. The predicted octanol–water partition coefficient (Wildman–Crippen LogP) is 3.03. The molecule has 1 saturated heterocycles. The average Bonchev–Trinajstić information content (AvgIpc) is 2.82. The van der Waals surface area contributed by atoms with Crippen molar-refractivity contribution in [3.63, 3.8) is 0 Å². The quantitative estimate of drug-likeness (QED) is 0.557. The second-order valence-electron chi connectivity index (χ2n) is 10.1. The molecule has 3 heterocycles. The molecule has 2 aliphatic rings. The van der Waals surface area contributed by atoms with E-state index >= 15 is 0 Å². The van der Waals surface area contributed by atoms with Crippen LogP contribution in [0.3, 0.4) is 0 Å². The topological polar surface area (TPSA) is 103 Å². The van der Waals surface area contributed by atoms with Gasteiger partial charge in [-0.15, -0.1) is 0 Å². The number of benzene rings is 1. The highest BCUT2D eigenvalue weighted by Gasteiger charge is 2.29. The summed E-state index contributed by atoms with van der Waals surface area (Å²) in [5.41, 5.74) is 3.21. The van der Waals surface area contributed by atoms with E-state index in [2.05, 4.69) is 27.4 Å². The van der Waals surface area contributed by atoms with Gasteiger partial charge in [-0.3, -0.25) is 4.90 Å². The number of amides is 2. The number of nitrogens with zero attached hydrogens (tertiary/aromatic N) is 4. The molecule has 190 valence electrons. The monoisotopic (exact) mass is 482 g/mol. The largest absolute Gasteiger partial charge is 0.390 e. The Morgan fingerprint density at radius 3 is 2.69 bits per heavy atom. The first-order chi connectivity index (χ1) is 16.7. The molecule has 1 atom stereocenters. The molecular formula is C26H38N6O3. The Labute approximate surface area is 207 Å². The molecule has 4 rings (SSSR count). The van der Waals surface area contributed by atoms with E-state index < -0.39 is 5.60 Å². The minimum absolute atomic E-state index is 0.222. The first-order valence-electron chi connectivity index (χ1n) is 12.6. The smallest absolute Gasteiger partial charge is 0.319 e. The number of hydrogen-bond donors (Lipinski definition) is 3. The highest BCUT2D eigenvalue weighted by atomic mass is 16.5. The SMILES string of the molecule is CCNC(=O)Nc1ccc(-c2nc3c(c(N4CCOC[C@@H]4C)n2)CCN(CCC(C)(C)O)C3)cc1. The molecule has 1 aromatic heterocycles. The Kier molecular flexibility index (Phi) is 7.88. The van der Waals surface area contributed by atoms with Gasteiger partial charge in [0.25, 0.3) is 0 Å². The van der Waals surface area contributed by atoms with Crippen molar-refractivity contribution in [2.75, 3.05) is 49.6 Å². The molecule has 9 heteroatoms. The fourth-order valence-corrected chi connectivity index (χ4v) is 4.53. The number of rotatable bonds is 7. The van der Waals surface area contributed by atoms with Crippen LogP contribution in [0.1, 0.15) is 45.4 Å². The molecule has 9 nitrogen and oxygen atoms in total. The zero-order chi connectivity index (χ0) is 25.0. The van der Waals surface area contributed by atoms with Crippen molar-refractivity contribution < 1.29 is 14.6 Å². The van der Waals surface area contributed by atoms with E-state index in [0.717, 1.165) is 55.4 Å². The van der Waals surface area contributed by atoms with Crippen LogP contribution in [0.15, 0.2) is 24.3 Å². The van der Waals surface area contributed by atoms with Crippen molar-refractivity contribution in [3.8, 4) is 11.4 Å². The number of carbonyl (C=O) groups excluding carboxylic acids is 1.